The number of furan rings is 1. The second-order valence-electron chi connectivity index (χ2n) is 5.05. The Hall–Kier alpha value is -1.48. The van der Waals surface area contributed by atoms with Crippen LogP contribution < -0.4 is 15.5 Å². The highest BCUT2D eigenvalue weighted by Gasteiger charge is 2.29. The quantitative estimate of drug-likeness (QED) is 0.771. The minimum atomic E-state index is -1.67. The molecule has 0 bridgehead atoms. The van der Waals surface area contributed by atoms with E-state index < -0.39 is 8.07 Å². The summed E-state index contributed by atoms with van der Waals surface area (Å²) in [5, 5.41) is 2.53. The van der Waals surface area contributed by atoms with Gasteiger partial charge in [0, 0.05) is 19.8 Å². The lowest BCUT2D eigenvalue weighted by atomic mass is 10.3. The Kier molecular flexibility index (Phi) is 3.11. The molecule has 0 saturated heterocycles. The van der Waals surface area contributed by atoms with Crippen LogP contribution in [0.2, 0.25) is 13.1 Å². The summed E-state index contributed by atoms with van der Waals surface area (Å²) in [7, 11) is 2.47. The van der Waals surface area contributed by atoms with Crippen LogP contribution in [-0.4, -0.2) is 22.2 Å². The van der Waals surface area contributed by atoms with Crippen molar-refractivity contribution in [2.45, 2.75) is 13.1 Å². The number of hydrogen-bond donors (Lipinski definition) is 0. The summed E-state index contributed by atoms with van der Waals surface area (Å²) in [6.45, 7) is 4.64. The largest absolute Gasteiger partial charge is 0.474 e. The van der Waals surface area contributed by atoms with Gasteiger partial charge in [0.2, 0.25) is 0 Å². The van der Waals surface area contributed by atoms with Crippen LogP contribution in [0.5, 0.6) is 0 Å². The third-order valence-electron chi connectivity index (χ3n) is 3.22. The van der Waals surface area contributed by atoms with Gasteiger partial charge in [0.15, 0.2) is 8.07 Å². The van der Waals surface area contributed by atoms with Gasteiger partial charge in [-0.1, -0.05) is 25.2 Å². The fourth-order valence-electron chi connectivity index (χ4n) is 1.95. The zero-order valence-corrected chi connectivity index (χ0v) is 11.9. The van der Waals surface area contributed by atoms with E-state index in [1.165, 1.54) is 10.9 Å². The maximum absolute atomic E-state index is 5.60. The number of anilines is 1. The fourth-order valence-corrected chi connectivity index (χ4v) is 4.13. The molecule has 90 valence electrons. The molecule has 0 unspecified atom stereocenters. The van der Waals surface area contributed by atoms with Crippen LogP contribution in [-0.2, 0) is 0 Å². The number of rotatable bonds is 3. The lowest BCUT2D eigenvalue weighted by molar-refractivity contribution is 0.598. The fraction of sp³-hybridized carbons (Fsp3) is 0.286. The molecule has 0 aliphatic carbocycles. The van der Waals surface area contributed by atoms with Crippen LogP contribution in [0, 0.1) is 0 Å². The van der Waals surface area contributed by atoms with Gasteiger partial charge in [0.25, 0.3) is 0 Å². The van der Waals surface area contributed by atoms with Gasteiger partial charge in [-0.05, 0) is 29.5 Å². The SMILES string of the molecule is CN(C)c1cccc([Si](C)(C)c2ccco2)c1. The molecule has 0 N–H and O–H groups in total. The Bertz CT molecular complexity index is 489. The first-order valence-corrected chi connectivity index (χ1v) is 8.83. The predicted molar refractivity (Wildman–Crippen MR) is 76.2 cm³/mol. The average molecular weight is 245 g/mol. The van der Waals surface area contributed by atoms with Crippen LogP contribution in [0.4, 0.5) is 5.69 Å². The molecule has 3 heteroatoms. The van der Waals surface area contributed by atoms with E-state index in [9.17, 15) is 0 Å². The summed E-state index contributed by atoms with van der Waals surface area (Å²) >= 11 is 0. The van der Waals surface area contributed by atoms with E-state index in [0.29, 0.717) is 0 Å². The van der Waals surface area contributed by atoms with Gasteiger partial charge in [0.1, 0.15) is 0 Å². The van der Waals surface area contributed by atoms with Gasteiger partial charge in [-0.3, -0.25) is 0 Å². The van der Waals surface area contributed by atoms with Crippen molar-refractivity contribution in [2.24, 2.45) is 0 Å². The normalized spacial score (nSPS) is 11.5. The summed E-state index contributed by atoms with van der Waals surface area (Å²) in [5.74, 6) is 0. The van der Waals surface area contributed by atoms with Gasteiger partial charge in [0.05, 0.1) is 11.6 Å². The van der Waals surface area contributed by atoms with Gasteiger partial charge in [-0.2, -0.15) is 0 Å². The second-order valence-corrected chi connectivity index (χ2v) is 9.37. The molecule has 0 spiro atoms. The van der Waals surface area contributed by atoms with E-state index in [4.69, 9.17) is 4.42 Å². The Morgan fingerprint density at radius 3 is 2.41 bits per heavy atom. The Morgan fingerprint density at radius 2 is 1.82 bits per heavy atom. The molecule has 1 heterocycles. The zero-order chi connectivity index (χ0) is 12.5. The van der Waals surface area contributed by atoms with Crippen LogP contribution in [0.15, 0.2) is 47.1 Å². The van der Waals surface area contributed by atoms with Crippen LogP contribution in [0.1, 0.15) is 0 Å². The Morgan fingerprint density at radius 1 is 1.06 bits per heavy atom. The number of benzene rings is 1. The zero-order valence-electron chi connectivity index (χ0n) is 10.9. The monoisotopic (exact) mass is 245 g/mol. The van der Waals surface area contributed by atoms with Crippen molar-refractivity contribution in [1.82, 2.24) is 0 Å². The van der Waals surface area contributed by atoms with E-state index >= 15 is 0 Å². The lowest BCUT2D eigenvalue weighted by Crippen LogP contribution is -2.52. The molecule has 1 aromatic carbocycles. The smallest absolute Gasteiger partial charge is 0.156 e. The highest BCUT2D eigenvalue weighted by molar-refractivity contribution is 6.99. The third kappa shape index (κ3) is 2.29. The second kappa shape index (κ2) is 4.41. The molecule has 0 aliphatic rings. The maximum Gasteiger partial charge on any atom is 0.156 e. The Balaban J connectivity index is 2.43. The van der Waals surface area contributed by atoms with Crippen LogP contribution in [0.25, 0.3) is 0 Å². The summed E-state index contributed by atoms with van der Waals surface area (Å²) < 4.78 is 5.60. The first kappa shape index (κ1) is 12.0. The molecular formula is C14H19NOSi. The van der Waals surface area contributed by atoms with E-state index in [1.807, 2.05) is 6.07 Å². The summed E-state index contributed by atoms with van der Waals surface area (Å²) in [6.07, 6.45) is 1.76. The highest BCUT2D eigenvalue weighted by Crippen LogP contribution is 2.12. The van der Waals surface area contributed by atoms with E-state index in [-0.39, 0.29) is 0 Å². The molecule has 0 aliphatic heterocycles. The van der Waals surface area contributed by atoms with E-state index in [0.717, 1.165) is 5.38 Å². The minimum Gasteiger partial charge on any atom is -0.474 e. The molecule has 17 heavy (non-hydrogen) atoms. The van der Waals surface area contributed by atoms with Crippen molar-refractivity contribution in [3.05, 3.63) is 42.7 Å². The highest BCUT2D eigenvalue weighted by atomic mass is 28.3. The third-order valence-corrected chi connectivity index (χ3v) is 6.49. The number of nitrogens with zero attached hydrogens (tertiary/aromatic N) is 1. The van der Waals surface area contributed by atoms with Crippen molar-refractivity contribution < 1.29 is 4.42 Å². The lowest BCUT2D eigenvalue weighted by Gasteiger charge is -2.22. The molecule has 0 fully saturated rings. The van der Waals surface area contributed by atoms with Crippen molar-refractivity contribution in [2.75, 3.05) is 19.0 Å². The van der Waals surface area contributed by atoms with Gasteiger partial charge >= 0.3 is 0 Å². The summed E-state index contributed by atoms with van der Waals surface area (Å²) in [4.78, 5) is 2.14. The summed E-state index contributed by atoms with van der Waals surface area (Å²) in [5.41, 5.74) is 1.25. The predicted octanol–water partition coefficient (Wildman–Crippen LogP) is 2.17. The van der Waals surface area contributed by atoms with E-state index in [2.05, 4.69) is 62.4 Å². The Labute approximate surface area is 104 Å². The molecule has 0 radical (unpaired) electrons. The van der Waals surface area contributed by atoms with Crippen LogP contribution >= 0.6 is 0 Å². The van der Waals surface area contributed by atoms with Crippen molar-refractivity contribution >= 4 is 24.3 Å². The molecule has 2 nitrogen and oxygen atoms in total. The summed E-state index contributed by atoms with van der Waals surface area (Å²) in [6, 6.07) is 12.8. The molecule has 2 aromatic rings. The average Bonchev–Trinajstić information content (AvgIpc) is 2.83. The minimum absolute atomic E-state index is 1.13. The van der Waals surface area contributed by atoms with Gasteiger partial charge < -0.3 is 9.32 Å². The number of hydrogen-bond acceptors (Lipinski definition) is 2. The first-order valence-electron chi connectivity index (χ1n) is 5.83. The van der Waals surface area contributed by atoms with Crippen molar-refractivity contribution in [3.63, 3.8) is 0 Å². The van der Waals surface area contributed by atoms with Gasteiger partial charge in [-0.25, -0.2) is 0 Å². The molecule has 1 aromatic heterocycles. The van der Waals surface area contributed by atoms with Crippen molar-refractivity contribution in [1.29, 1.82) is 0 Å². The van der Waals surface area contributed by atoms with E-state index in [1.54, 1.807) is 6.26 Å². The molecular weight excluding hydrogens is 226 g/mol. The first-order chi connectivity index (χ1) is 8.01. The maximum atomic E-state index is 5.60. The van der Waals surface area contributed by atoms with Crippen LogP contribution in [0.3, 0.4) is 0 Å². The topological polar surface area (TPSA) is 16.4 Å². The van der Waals surface area contributed by atoms with Gasteiger partial charge in [-0.15, -0.1) is 0 Å². The van der Waals surface area contributed by atoms with Crippen molar-refractivity contribution in [3.8, 4) is 0 Å². The standard InChI is InChI=1S/C14H19NOSi/c1-15(2)12-7-5-8-13(11-12)17(3,4)14-9-6-10-16-14/h5-11H,1-4H3. The molecule has 0 atom stereocenters. The molecule has 0 saturated carbocycles. The molecule has 0 amide bonds. The molecule has 2 rings (SSSR count).